The van der Waals surface area contributed by atoms with Gasteiger partial charge in [-0.25, -0.2) is 0 Å². The van der Waals surface area contributed by atoms with E-state index < -0.39 is 0 Å². The van der Waals surface area contributed by atoms with Gasteiger partial charge in [-0.05, 0) is 11.7 Å². The average molecular weight is 347 g/mol. The molecule has 1 aliphatic rings. The first-order valence-electron chi connectivity index (χ1n) is 3.91. The minimum Gasteiger partial charge on any atom is -0.704 e. The van der Waals surface area contributed by atoms with Gasteiger partial charge in [0.15, 0.2) is 0 Å². The fraction of sp³-hybridized carbons (Fsp3) is 0. The minimum absolute atomic E-state index is 0. The topological polar surface area (TPSA) is 27.0 Å². The van der Waals surface area contributed by atoms with Gasteiger partial charge in [0.05, 0.1) is 0 Å². The molecular weight excluding hydrogens is 339 g/mol. The van der Waals surface area contributed by atoms with Crippen molar-refractivity contribution >= 4 is 12.4 Å². The maximum absolute atomic E-state index is 4.27. The summed E-state index contributed by atoms with van der Waals surface area (Å²) in [4.78, 5) is 4.22. The molecule has 0 N–H and O–H groups in total. The van der Waals surface area contributed by atoms with E-state index in [2.05, 4.69) is 10.2 Å². The number of nitrogens with zero attached hydrogens (tertiary/aromatic N) is 2. The summed E-state index contributed by atoms with van der Waals surface area (Å²) >= 11 is 0. The van der Waals surface area contributed by atoms with Crippen LogP contribution in [0.5, 0.6) is 0 Å². The standard InChI is InChI=1S/C9H8BN2.Ir/c1-3-7-11-9(5-1)10-6-2-4-8-12-10;/h1-8H;/q-1;. The van der Waals surface area contributed by atoms with Gasteiger partial charge >= 0.3 is 0 Å². The second-order valence-corrected chi connectivity index (χ2v) is 2.57. The summed E-state index contributed by atoms with van der Waals surface area (Å²) in [7, 11) is 0. The smallest absolute Gasteiger partial charge is 0.120 e. The first-order valence-corrected chi connectivity index (χ1v) is 3.91. The van der Waals surface area contributed by atoms with Crippen molar-refractivity contribution in [2.75, 3.05) is 0 Å². The predicted octanol–water partition coefficient (Wildman–Crippen LogP) is 1.27. The van der Waals surface area contributed by atoms with Crippen LogP contribution in [0.15, 0.2) is 48.7 Å². The molecule has 1 radical (unpaired) electrons. The monoisotopic (exact) mass is 348 g/mol. The molecule has 2 rings (SSSR count). The van der Waals surface area contributed by atoms with E-state index in [4.69, 9.17) is 0 Å². The second kappa shape index (κ2) is 5.00. The molecule has 4 heteroatoms. The second-order valence-electron chi connectivity index (χ2n) is 2.57. The Labute approximate surface area is 91.6 Å². The van der Waals surface area contributed by atoms with Gasteiger partial charge in [0.1, 0.15) is 6.85 Å². The molecule has 0 saturated heterocycles. The Morgan fingerprint density at radius 2 is 2.15 bits per heavy atom. The van der Waals surface area contributed by atoms with Crippen LogP contribution < -0.4 is 5.59 Å². The van der Waals surface area contributed by atoms with Gasteiger partial charge in [-0.2, -0.15) is 6.20 Å². The number of aromatic nitrogens is 1. The van der Waals surface area contributed by atoms with Gasteiger partial charge < -0.3 is 5.23 Å². The molecule has 2 heterocycles. The SMILES string of the molecule is C1=C[N-]B(c2ccccn2)C=C1.[Ir]. The van der Waals surface area contributed by atoms with Crippen molar-refractivity contribution in [2.24, 2.45) is 0 Å². The zero-order valence-corrected chi connectivity index (χ0v) is 9.32. The average Bonchev–Trinajstić information content (AvgIpc) is 2.21. The molecule has 1 aromatic rings. The van der Waals surface area contributed by atoms with E-state index >= 15 is 0 Å². The van der Waals surface area contributed by atoms with Crippen molar-refractivity contribution in [3.05, 3.63) is 54.0 Å². The Kier molecular flexibility index (Phi) is 3.93. The Morgan fingerprint density at radius 3 is 2.77 bits per heavy atom. The Morgan fingerprint density at radius 1 is 1.23 bits per heavy atom. The van der Waals surface area contributed by atoms with Gasteiger partial charge in [-0.3, -0.25) is 4.98 Å². The van der Waals surface area contributed by atoms with Gasteiger partial charge in [0.25, 0.3) is 0 Å². The van der Waals surface area contributed by atoms with E-state index in [0.717, 1.165) is 5.59 Å². The van der Waals surface area contributed by atoms with Crippen molar-refractivity contribution in [1.29, 1.82) is 0 Å². The number of hydrogen-bond donors (Lipinski definition) is 0. The third kappa shape index (κ3) is 2.54. The number of allylic oxidation sites excluding steroid dienone is 2. The van der Waals surface area contributed by atoms with Crippen LogP contribution >= 0.6 is 0 Å². The molecule has 0 aromatic carbocycles. The van der Waals surface area contributed by atoms with Crippen LogP contribution in [0.1, 0.15) is 0 Å². The Hall–Kier alpha value is -0.856. The first kappa shape index (κ1) is 10.2. The van der Waals surface area contributed by atoms with Crippen LogP contribution in [0, 0.1) is 0 Å². The van der Waals surface area contributed by atoms with Gasteiger partial charge in [0.2, 0.25) is 0 Å². The largest absolute Gasteiger partial charge is 0.704 e. The van der Waals surface area contributed by atoms with Gasteiger partial charge in [-0.1, -0.05) is 24.3 Å². The zero-order chi connectivity index (χ0) is 8.23. The first-order chi connectivity index (χ1) is 5.97. The van der Waals surface area contributed by atoms with Crippen LogP contribution in [0.3, 0.4) is 0 Å². The summed E-state index contributed by atoms with van der Waals surface area (Å²) in [5, 5.41) is 4.27. The van der Waals surface area contributed by atoms with E-state index in [1.807, 2.05) is 36.3 Å². The third-order valence-corrected chi connectivity index (χ3v) is 1.73. The van der Waals surface area contributed by atoms with E-state index in [1.54, 1.807) is 12.4 Å². The van der Waals surface area contributed by atoms with Crippen LogP contribution in [-0.2, 0) is 20.1 Å². The van der Waals surface area contributed by atoms with Crippen LogP contribution in [0.4, 0.5) is 0 Å². The van der Waals surface area contributed by atoms with E-state index in [9.17, 15) is 0 Å². The fourth-order valence-corrected chi connectivity index (χ4v) is 1.14. The van der Waals surface area contributed by atoms with Crippen molar-refractivity contribution in [3.8, 4) is 0 Å². The molecular formula is C9H8BIrN2-. The zero-order valence-electron chi connectivity index (χ0n) is 6.92. The minimum atomic E-state index is 0. The van der Waals surface area contributed by atoms with Crippen molar-refractivity contribution in [3.63, 3.8) is 0 Å². The molecule has 0 unspecified atom stereocenters. The summed E-state index contributed by atoms with van der Waals surface area (Å²) in [6, 6.07) is 5.87. The van der Waals surface area contributed by atoms with Crippen LogP contribution in [0.25, 0.3) is 5.23 Å². The van der Waals surface area contributed by atoms with Crippen LogP contribution in [-0.4, -0.2) is 11.8 Å². The molecule has 1 aliphatic heterocycles. The van der Waals surface area contributed by atoms with Crippen molar-refractivity contribution < 1.29 is 20.1 Å². The molecule has 0 atom stereocenters. The van der Waals surface area contributed by atoms with E-state index in [0.29, 0.717) is 0 Å². The fourth-order valence-electron chi connectivity index (χ4n) is 1.14. The van der Waals surface area contributed by atoms with Crippen molar-refractivity contribution in [1.82, 2.24) is 4.98 Å². The molecule has 1 aromatic heterocycles. The molecule has 0 fully saturated rings. The number of rotatable bonds is 1. The molecule has 0 amide bonds. The quantitative estimate of drug-likeness (QED) is 0.703. The van der Waals surface area contributed by atoms with Crippen LogP contribution in [0.2, 0.25) is 0 Å². The summed E-state index contributed by atoms with van der Waals surface area (Å²) in [6.07, 6.45) is 7.50. The molecule has 67 valence electrons. The van der Waals surface area contributed by atoms with Gasteiger partial charge in [0, 0.05) is 26.3 Å². The number of pyridine rings is 1. The normalized spacial score (nSPS) is 13.4. The molecule has 0 aliphatic carbocycles. The third-order valence-electron chi connectivity index (χ3n) is 1.73. The van der Waals surface area contributed by atoms with Crippen molar-refractivity contribution in [2.45, 2.75) is 0 Å². The van der Waals surface area contributed by atoms with E-state index in [-0.39, 0.29) is 27.0 Å². The molecule has 2 nitrogen and oxygen atoms in total. The summed E-state index contributed by atoms with van der Waals surface area (Å²) in [5.74, 6) is 2.03. The van der Waals surface area contributed by atoms with Gasteiger partial charge in [-0.15, -0.1) is 5.98 Å². The molecule has 0 spiro atoms. The Bertz CT molecular complexity index is 311. The number of hydrogen-bond acceptors (Lipinski definition) is 1. The summed E-state index contributed by atoms with van der Waals surface area (Å²) in [6.45, 7) is 0.108. The summed E-state index contributed by atoms with van der Waals surface area (Å²) < 4.78 is 0. The summed E-state index contributed by atoms with van der Waals surface area (Å²) in [5.41, 5.74) is 0.998. The van der Waals surface area contributed by atoms with E-state index in [1.165, 1.54) is 0 Å². The molecule has 0 saturated carbocycles. The molecule has 13 heavy (non-hydrogen) atoms. The predicted molar refractivity (Wildman–Crippen MR) is 51.3 cm³/mol. The maximum atomic E-state index is 4.27. The Balaban J connectivity index is 0.000000845. The molecule has 0 bridgehead atoms. The maximum Gasteiger partial charge on any atom is 0.120 e.